The van der Waals surface area contributed by atoms with Crippen molar-refractivity contribution in [3.05, 3.63) is 59.7 Å². The summed E-state index contributed by atoms with van der Waals surface area (Å²) in [6.45, 7) is 10.9. The first-order valence-corrected chi connectivity index (χ1v) is 16.5. The van der Waals surface area contributed by atoms with Gasteiger partial charge in [-0.05, 0) is 101 Å². The molecule has 10 nitrogen and oxygen atoms in total. The number of aliphatic carboxylic acids is 1. The molecule has 4 aromatic rings. The number of nitrogens with zero attached hydrogens (tertiary/aromatic N) is 4. The van der Waals surface area contributed by atoms with E-state index in [0.717, 1.165) is 90.8 Å². The van der Waals surface area contributed by atoms with E-state index in [9.17, 15) is 4.79 Å². The minimum atomic E-state index is -0.797. The van der Waals surface area contributed by atoms with Crippen LogP contribution in [-0.4, -0.2) is 87.5 Å². The Labute approximate surface area is 270 Å². The van der Waals surface area contributed by atoms with E-state index < -0.39 is 5.97 Å². The van der Waals surface area contributed by atoms with Crippen LogP contribution in [0.1, 0.15) is 70.1 Å². The Balaban J connectivity index is 1.09. The molecule has 0 radical (unpaired) electrons. The zero-order valence-electron chi connectivity index (χ0n) is 27.4. The lowest BCUT2D eigenvalue weighted by Crippen LogP contribution is -2.44. The summed E-state index contributed by atoms with van der Waals surface area (Å²) >= 11 is 0. The van der Waals surface area contributed by atoms with Gasteiger partial charge in [-0.25, -0.2) is 9.97 Å². The van der Waals surface area contributed by atoms with E-state index in [1.807, 2.05) is 31.2 Å². The summed E-state index contributed by atoms with van der Waals surface area (Å²) in [5, 5.41) is 8.89. The third kappa shape index (κ3) is 7.45. The highest BCUT2D eigenvalue weighted by atomic mass is 16.5. The first kappa shape index (κ1) is 31.8. The van der Waals surface area contributed by atoms with Crippen LogP contribution in [-0.2, 0) is 16.0 Å². The second-order valence-corrected chi connectivity index (χ2v) is 13.0. The van der Waals surface area contributed by atoms with Crippen molar-refractivity contribution in [3.63, 3.8) is 0 Å². The summed E-state index contributed by atoms with van der Waals surface area (Å²) in [6.07, 6.45) is 5.99. The highest BCUT2D eigenvalue weighted by Crippen LogP contribution is 2.33. The molecule has 10 heteroatoms. The molecule has 0 bridgehead atoms. The average Bonchev–Trinajstić information content (AvgIpc) is 3.68. The van der Waals surface area contributed by atoms with Gasteiger partial charge < -0.3 is 34.3 Å². The molecular formula is C36H46N6O4. The van der Waals surface area contributed by atoms with E-state index in [1.165, 1.54) is 11.3 Å². The predicted molar refractivity (Wildman–Crippen MR) is 182 cm³/mol. The second-order valence-electron chi connectivity index (χ2n) is 13.0. The SMILES string of the molecule is CCC(C)(CCOC(C)CCC(=O)O)Oc1ccc(-c2nc3c([nH]2)CCC(c2nc4ccc(N5CCN(C)CC5)cc4[nH]2)=C3)cc1. The molecule has 244 valence electrons. The molecule has 2 aromatic heterocycles. The third-order valence-electron chi connectivity index (χ3n) is 9.44. The van der Waals surface area contributed by atoms with Gasteiger partial charge in [0.25, 0.3) is 0 Å². The minimum absolute atomic E-state index is 0.0966. The number of aromatic nitrogens is 4. The van der Waals surface area contributed by atoms with Crippen molar-refractivity contribution in [2.45, 2.75) is 71.0 Å². The number of aryl methyl sites for hydroxylation is 1. The smallest absolute Gasteiger partial charge is 0.303 e. The van der Waals surface area contributed by atoms with E-state index in [-0.39, 0.29) is 18.1 Å². The topological polar surface area (TPSA) is 120 Å². The van der Waals surface area contributed by atoms with E-state index in [1.54, 1.807) is 0 Å². The number of aromatic amines is 2. The third-order valence-corrected chi connectivity index (χ3v) is 9.44. The molecular weight excluding hydrogens is 580 g/mol. The van der Waals surface area contributed by atoms with Crippen molar-refractivity contribution < 1.29 is 19.4 Å². The summed E-state index contributed by atoms with van der Waals surface area (Å²) in [6, 6.07) is 14.6. The Morgan fingerprint density at radius 2 is 1.83 bits per heavy atom. The van der Waals surface area contributed by atoms with E-state index in [0.29, 0.717) is 19.4 Å². The van der Waals surface area contributed by atoms with Crippen LogP contribution in [0.5, 0.6) is 5.75 Å². The van der Waals surface area contributed by atoms with E-state index in [2.05, 4.69) is 64.9 Å². The number of likely N-dealkylation sites (N-methyl/N-ethyl adjacent to an activating group) is 1. The first-order valence-electron chi connectivity index (χ1n) is 16.5. The predicted octanol–water partition coefficient (Wildman–Crippen LogP) is 6.40. The Morgan fingerprint density at radius 1 is 1.04 bits per heavy atom. The molecule has 46 heavy (non-hydrogen) atoms. The molecule has 0 amide bonds. The molecule has 2 aliphatic rings. The number of hydrogen-bond acceptors (Lipinski definition) is 7. The van der Waals surface area contributed by atoms with Crippen LogP contribution in [0.3, 0.4) is 0 Å². The maximum Gasteiger partial charge on any atom is 0.303 e. The number of H-pyrrole nitrogens is 2. The average molecular weight is 627 g/mol. The first-order chi connectivity index (χ1) is 22.2. The van der Waals surface area contributed by atoms with Gasteiger partial charge in [0.1, 0.15) is 23.0 Å². The molecule has 1 aliphatic carbocycles. The zero-order valence-corrected chi connectivity index (χ0v) is 27.4. The molecule has 2 unspecified atom stereocenters. The number of allylic oxidation sites excluding steroid dienone is 1. The molecule has 1 fully saturated rings. The lowest BCUT2D eigenvalue weighted by molar-refractivity contribution is -0.137. The fourth-order valence-corrected chi connectivity index (χ4v) is 6.12. The summed E-state index contributed by atoms with van der Waals surface area (Å²) in [4.78, 5) is 32.6. The Bertz CT molecular complexity index is 1680. The largest absolute Gasteiger partial charge is 0.488 e. The number of piperazine rings is 1. The second kappa shape index (κ2) is 13.7. The van der Waals surface area contributed by atoms with Gasteiger partial charge in [-0.1, -0.05) is 6.92 Å². The molecule has 0 spiro atoms. The van der Waals surface area contributed by atoms with Crippen LogP contribution < -0.4 is 9.64 Å². The summed E-state index contributed by atoms with van der Waals surface area (Å²) in [7, 11) is 2.18. The number of anilines is 1. The molecule has 3 heterocycles. The van der Waals surface area contributed by atoms with Gasteiger partial charge in [0.15, 0.2) is 0 Å². The Kier molecular flexibility index (Phi) is 9.47. The van der Waals surface area contributed by atoms with Crippen molar-refractivity contribution in [3.8, 4) is 17.1 Å². The number of imidazole rings is 2. The van der Waals surface area contributed by atoms with Crippen LogP contribution >= 0.6 is 0 Å². The van der Waals surface area contributed by atoms with Gasteiger partial charge in [-0.3, -0.25) is 4.79 Å². The van der Waals surface area contributed by atoms with E-state index in [4.69, 9.17) is 24.5 Å². The fourth-order valence-electron chi connectivity index (χ4n) is 6.12. The van der Waals surface area contributed by atoms with Gasteiger partial charge in [-0.2, -0.15) is 0 Å². The number of benzene rings is 2. The van der Waals surface area contributed by atoms with Crippen molar-refractivity contribution in [1.82, 2.24) is 24.8 Å². The summed E-state index contributed by atoms with van der Waals surface area (Å²) in [5.74, 6) is 1.76. The molecule has 2 aromatic carbocycles. The van der Waals surface area contributed by atoms with Gasteiger partial charge in [-0.15, -0.1) is 0 Å². The summed E-state index contributed by atoms with van der Waals surface area (Å²) in [5.41, 5.74) is 7.20. The monoisotopic (exact) mass is 626 g/mol. The van der Waals surface area contributed by atoms with Crippen molar-refractivity contribution >= 4 is 34.3 Å². The van der Waals surface area contributed by atoms with Gasteiger partial charge in [0, 0.05) is 56.0 Å². The van der Waals surface area contributed by atoms with Crippen LogP contribution in [0.4, 0.5) is 5.69 Å². The van der Waals surface area contributed by atoms with Crippen LogP contribution in [0.2, 0.25) is 0 Å². The highest BCUT2D eigenvalue weighted by Gasteiger charge is 2.25. The fraction of sp³-hybridized carbons (Fsp3) is 0.472. The number of carbonyl (C=O) groups is 1. The van der Waals surface area contributed by atoms with Gasteiger partial charge >= 0.3 is 5.97 Å². The minimum Gasteiger partial charge on any atom is -0.488 e. The maximum atomic E-state index is 10.8. The number of carboxylic acid groups (broad SMARTS) is 1. The van der Waals surface area contributed by atoms with Crippen molar-refractivity contribution in [2.75, 3.05) is 44.7 Å². The molecule has 1 saturated heterocycles. The Hall–Kier alpha value is -4.15. The molecule has 0 saturated carbocycles. The number of carboxylic acids is 1. The van der Waals surface area contributed by atoms with Gasteiger partial charge in [0.2, 0.25) is 0 Å². The van der Waals surface area contributed by atoms with E-state index >= 15 is 0 Å². The maximum absolute atomic E-state index is 10.8. The normalized spacial score (nSPS) is 17.4. The van der Waals surface area contributed by atoms with Crippen LogP contribution in [0.15, 0.2) is 42.5 Å². The van der Waals surface area contributed by atoms with Crippen molar-refractivity contribution in [2.24, 2.45) is 0 Å². The number of ether oxygens (including phenoxy) is 2. The lowest BCUT2D eigenvalue weighted by atomic mass is 9.99. The van der Waals surface area contributed by atoms with Gasteiger partial charge in [0.05, 0.1) is 29.4 Å². The van der Waals surface area contributed by atoms with Crippen LogP contribution in [0.25, 0.3) is 34.1 Å². The lowest BCUT2D eigenvalue weighted by Gasteiger charge is -2.34. The zero-order chi connectivity index (χ0) is 32.3. The number of rotatable bonds is 13. The number of nitrogens with one attached hydrogen (secondary N) is 2. The number of fused-ring (bicyclic) bond motifs is 2. The molecule has 6 rings (SSSR count). The summed E-state index contributed by atoms with van der Waals surface area (Å²) < 4.78 is 12.3. The molecule has 1 aliphatic heterocycles. The highest BCUT2D eigenvalue weighted by molar-refractivity contribution is 5.87. The van der Waals surface area contributed by atoms with Crippen LogP contribution in [0, 0.1) is 0 Å². The van der Waals surface area contributed by atoms with Crippen molar-refractivity contribution in [1.29, 1.82) is 0 Å². The molecule has 2 atom stereocenters. The standard InChI is InChI=1S/C36H46N6O4/c1-5-36(3,16-21-45-24(2)6-15-33(43)44)46-28-11-7-25(8-12-28)34-37-29-13-9-26(22-31(29)39-34)35-38-30-14-10-27(23-32(30)40-35)42-19-17-41(4)18-20-42/h7-8,10-12,14,22-24H,5-6,9,13,15-21H2,1-4H3,(H,37,39)(H,38,40)(H,43,44). The number of hydrogen-bond donors (Lipinski definition) is 3. The quantitative estimate of drug-likeness (QED) is 0.156. The Morgan fingerprint density at radius 3 is 2.57 bits per heavy atom. The molecule has 3 N–H and O–H groups in total.